The normalized spacial score (nSPS) is 21.1. The summed E-state index contributed by atoms with van der Waals surface area (Å²) in [4.78, 5) is 6.86. The van der Waals surface area contributed by atoms with Crippen LogP contribution < -0.4 is 5.32 Å². The van der Waals surface area contributed by atoms with Gasteiger partial charge >= 0.3 is 0 Å². The molecule has 7 heteroatoms. The van der Waals surface area contributed by atoms with Crippen molar-refractivity contribution in [3.8, 4) is 0 Å². The van der Waals surface area contributed by atoms with Crippen LogP contribution in [0.4, 0.5) is 4.39 Å². The zero-order chi connectivity index (χ0) is 18.8. The minimum absolute atomic E-state index is 0.0561. The summed E-state index contributed by atoms with van der Waals surface area (Å²) in [5.41, 5.74) is 0.974. The topological polar surface area (TPSA) is 55.3 Å². The lowest BCUT2D eigenvalue weighted by atomic mass is 10.1. The fraction of sp³-hybridized carbons (Fsp3) is 0.632. The van der Waals surface area contributed by atoms with Crippen LogP contribution in [0.25, 0.3) is 0 Å². The van der Waals surface area contributed by atoms with Crippen molar-refractivity contribution in [2.75, 3.05) is 53.1 Å². The number of aliphatic imine (C=N–C) groups is 1. The molecule has 1 aliphatic heterocycles. The molecule has 2 rings (SSSR count). The van der Waals surface area contributed by atoms with Gasteiger partial charge in [0.25, 0.3) is 0 Å². The van der Waals surface area contributed by atoms with Crippen LogP contribution in [-0.4, -0.2) is 70.1 Å². The Labute approximate surface area is 155 Å². The van der Waals surface area contributed by atoms with Crippen LogP contribution in [0.5, 0.6) is 0 Å². The van der Waals surface area contributed by atoms with Crippen LogP contribution in [0, 0.1) is 5.82 Å². The van der Waals surface area contributed by atoms with Gasteiger partial charge in [0, 0.05) is 20.2 Å². The SMILES string of the molecule is CCNC(=NCCOCCOC)N1CC(C)OC(c2ccc(F)cc2)C1. The molecule has 0 spiro atoms. The number of hydrogen-bond donors (Lipinski definition) is 1. The van der Waals surface area contributed by atoms with Crippen molar-refractivity contribution in [1.29, 1.82) is 0 Å². The zero-order valence-corrected chi connectivity index (χ0v) is 15.9. The summed E-state index contributed by atoms with van der Waals surface area (Å²) in [6.45, 7) is 8.61. The second-order valence-electron chi connectivity index (χ2n) is 6.23. The second-order valence-corrected chi connectivity index (χ2v) is 6.23. The molecule has 1 saturated heterocycles. The zero-order valence-electron chi connectivity index (χ0n) is 15.9. The third-order valence-electron chi connectivity index (χ3n) is 4.07. The van der Waals surface area contributed by atoms with E-state index in [9.17, 15) is 4.39 Å². The number of ether oxygens (including phenoxy) is 3. The quantitative estimate of drug-likeness (QED) is 0.434. The molecule has 1 heterocycles. The maximum absolute atomic E-state index is 13.2. The van der Waals surface area contributed by atoms with E-state index in [1.807, 2.05) is 13.8 Å². The highest BCUT2D eigenvalue weighted by atomic mass is 19.1. The van der Waals surface area contributed by atoms with Gasteiger partial charge in [0.2, 0.25) is 0 Å². The average Bonchev–Trinajstić information content (AvgIpc) is 2.63. The fourth-order valence-corrected chi connectivity index (χ4v) is 2.87. The van der Waals surface area contributed by atoms with Crippen molar-refractivity contribution in [1.82, 2.24) is 10.2 Å². The first kappa shape index (κ1) is 20.6. The Bertz CT molecular complexity index is 553. The van der Waals surface area contributed by atoms with E-state index in [2.05, 4.69) is 15.2 Å². The van der Waals surface area contributed by atoms with E-state index in [1.54, 1.807) is 19.2 Å². The summed E-state index contributed by atoms with van der Waals surface area (Å²) in [5, 5.41) is 3.34. The Hall–Kier alpha value is -1.70. The smallest absolute Gasteiger partial charge is 0.194 e. The van der Waals surface area contributed by atoms with Gasteiger partial charge < -0.3 is 24.4 Å². The minimum Gasteiger partial charge on any atom is -0.382 e. The molecule has 0 bridgehead atoms. The largest absolute Gasteiger partial charge is 0.382 e. The second kappa shape index (κ2) is 11.1. The highest BCUT2D eigenvalue weighted by Crippen LogP contribution is 2.25. The van der Waals surface area contributed by atoms with E-state index in [-0.39, 0.29) is 18.0 Å². The van der Waals surface area contributed by atoms with E-state index in [0.29, 0.717) is 32.9 Å². The lowest BCUT2D eigenvalue weighted by Gasteiger charge is -2.38. The van der Waals surface area contributed by atoms with Crippen molar-refractivity contribution in [2.24, 2.45) is 4.99 Å². The maximum atomic E-state index is 13.2. The summed E-state index contributed by atoms with van der Waals surface area (Å²) in [7, 11) is 1.65. The average molecular weight is 367 g/mol. The van der Waals surface area contributed by atoms with Gasteiger partial charge in [-0.15, -0.1) is 0 Å². The molecule has 26 heavy (non-hydrogen) atoms. The number of morpholine rings is 1. The first-order chi connectivity index (χ1) is 12.6. The van der Waals surface area contributed by atoms with E-state index in [4.69, 9.17) is 14.2 Å². The van der Waals surface area contributed by atoms with Crippen LogP contribution in [0.1, 0.15) is 25.5 Å². The number of guanidine groups is 1. The molecule has 0 radical (unpaired) electrons. The molecule has 0 amide bonds. The molecule has 1 aromatic rings. The van der Waals surface area contributed by atoms with Gasteiger partial charge in [0.15, 0.2) is 5.96 Å². The summed E-state index contributed by atoms with van der Waals surface area (Å²) in [6, 6.07) is 6.51. The molecular weight excluding hydrogens is 337 g/mol. The van der Waals surface area contributed by atoms with Gasteiger partial charge in [-0.2, -0.15) is 0 Å². The van der Waals surface area contributed by atoms with Crippen LogP contribution in [0.2, 0.25) is 0 Å². The Morgan fingerprint density at radius 1 is 1.27 bits per heavy atom. The molecule has 146 valence electrons. The fourth-order valence-electron chi connectivity index (χ4n) is 2.87. The molecule has 1 fully saturated rings. The van der Waals surface area contributed by atoms with Gasteiger partial charge in [-0.25, -0.2) is 4.39 Å². The van der Waals surface area contributed by atoms with Crippen molar-refractivity contribution in [3.05, 3.63) is 35.6 Å². The highest BCUT2D eigenvalue weighted by molar-refractivity contribution is 5.80. The Kier molecular flexibility index (Phi) is 8.80. The molecule has 2 unspecified atom stereocenters. The molecule has 0 saturated carbocycles. The predicted octanol–water partition coefficient (Wildman–Crippen LogP) is 2.22. The molecule has 1 aromatic carbocycles. The lowest BCUT2D eigenvalue weighted by molar-refractivity contribution is -0.0605. The van der Waals surface area contributed by atoms with E-state index in [1.165, 1.54) is 12.1 Å². The number of rotatable bonds is 8. The van der Waals surface area contributed by atoms with Crippen molar-refractivity contribution in [3.63, 3.8) is 0 Å². The maximum Gasteiger partial charge on any atom is 0.194 e. The van der Waals surface area contributed by atoms with Crippen molar-refractivity contribution >= 4 is 5.96 Å². The van der Waals surface area contributed by atoms with Crippen LogP contribution in [0.3, 0.4) is 0 Å². The number of nitrogens with one attached hydrogen (secondary N) is 1. The van der Waals surface area contributed by atoms with Crippen molar-refractivity contribution < 1.29 is 18.6 Å². The third-order valence-corrected chi connectivity index (χ3v) is 4.07. The molecule has 2 atom stereocenters. The van der Waals surface area contributed by atoms with Gasteiger partial charge in [-0.05, 0) is 31.5 Å². The standard InChI is InChI=1S/C19H30FN3O3/c1-4-21-19(22-9-10-25-12-11-24-3)23-13-15(2)26-18(14-23)16-5-7-17(20)8-6-16/h5-8,15,18H,4,9-14H2,1-3H3,(H,21,22). The third kappa shape index (κ3) is 6.55. The number of halogens is 1. The Morgan fingerprint density at radius 2 is 2.04 bits per heavy atom. The van der Waals surface area contributed by atoms with Gasteiger partial charge in [0.05, 0.1) is 39.0 Å². The predicted molar refractivity (Wildman–Crippen MR) is 99.9 cm³/mol. The summed E-state index contributed by atoms with van der Waals surface area (Å²) in [6.07, 6.45) is -0.0539. The van der Waals surface area contributed by atoms with Crippen LogP contribution in [0.15, 0.2) is 29.3 Å². The van der Waals surface area contributed by atoms with E-state index in [0.717, 1.165) is 24.6 Å². The Balaban J connectivity index is 1.98. The van der Waals surface area contributed by atoms with Gasteiger partial charge in [-0.1, -0.05) is 12.1 Å². The first-order valence-corrected chi connectivity index (χ1v) is 9.15. The van der Waals surface area contributed by atoms with Crippen LogP contribution >= 0.6 is 0 Å². The molecule has 0 aliphatic carbocycles. The first-order valence-electron chi connectivity index (χ1n) is 9.15. The Morgan fingerprint density at radius 3 is 2.73 bits per heavy atom. The summed E-state index contributed by atoms with van der Waals surface area (Å²) >= 11 is 0. The summed E-state index contributed by atoms with van der Waals surface area (Å²) < 4.78 is 29.7. The van der Waals surface area contributed by atoms with E-state index < -0.39 is 0 Å². The number of hydrogen-bond acceptors (Lipinski definition) is 4. The van der Waals surface area contributed by atoms with Crippen molar-refractivity contribution in [2.45, 2.75) is 26.1 Å². The monoisotopic (exact) mass is 367 g/mol. The van der Waals surface area contributed by atoms with Gasteiger partial charge in [-0.3, -0.25) is 4.99 Å². The summed E-state index contributed by atoms with van der Waals surface area (Å²) in [5.74, 6) is 0.614. The minimum atomic E-state index is -0.238. The van der Waals surface area contributed by atoms with E-state index >= 15 is 0 Å². The molecule has 6 nitrogen and oxygen atoms in total. The number of benzene rings is 1. The number of methoxy groups -OCH3 is 1. The van der Waals surface area contributed by atoms with Gasteiger partial charge in [0.1, 0.15) is 11.9 Å². The molecule has 1 N–H and O–H groups in total. The molecular formula is C19H30FN3O3. The molecule has 1 aliphatic rings. The van der Waals surface area contributed by atoms with Crippen LogP contribution in [-0.2, 0) is 14.2 Å². The number of nitrogens with zero attached hydrogens (tertiary/aromatic N) is 2. The lowest BCUT2D eigenvalue weighted by Crippen LogP contribution is -2.50. The highest BCUT2D eigenvalue weighted by Gasteiger charge is 2.28. The molecule has 0 aromatic heterocycles.